The molecule has 0 atom stereocenters. The lowest BCUT2D eigenvalue weighted by Gasteiger charge is -2.25. The van der Waals surface area contributed by atoms with Gasteiger partial charge < -0.3 is 20.6 Å². The van der Waals surface area contributed by atoms with Gasteiger partial charge in [0, 0.05) is 37.9 Å². The SMILES string of the molecule is Nc1nnc(-c2ccccc2O)cc1N1CCCN(c2ccnc(C#CCN3CCCCC3)n2)CC1. The van der Waals surface area contributed by atoms with E-state index in [2.05, 4.69) is 41.7 Å². The number of aromatic hydroxyl groups is 1. The van der Waals surface area contributed by atoms with Crippen LogP contribution in [0.2, 0.25) is 0 Å². The Morgan fingerprint density at radius 3 is 2.56 bits per heavy atom. The third-order valence-corrected chi connectivity index (χ3v) is 6.73. The summed E-state index contributed by atoms with van der Waals surface area (Å²) in [5, 5.41) is 18.6. The van der Waals surface area contributed by atoms with Gasteiger partial charge in [-0.2, -0.15) is 0 Å². The number of piperidine rings is 1. The van der Waals surface area contributed by atoms with E-state index < -0.39 is 0 Å². The molecule has 0 amide bonds. The lowest BCUT2D eigenvalue weighted by atomic mass is 10.1. The Balaban J connectivity index is 1.27. The van der Waals surface area contributed by atoms with E-state index in [-0.39, 0.29) is 5.75 Å². The van der Waals surface area contributed by atoms with Crippen LogP contribution in [0.15, 0.2) is 42.6 Å². The molecule has 0 aliphatic carbocycles. The molecular formula is C27H32N8O. The quantitative estimate of drug-likeness (QED) is 0.541. The van der Waals surface area contributed by atoms with Crippen molar-refractivity contribution in [1.82, 2.24) is 25.1 Å². The number of benzene rings is 1. The average Bonchev–Trinajstić information content (AvgIpc) is 3.17. The van der Waals surface area contributed by atoms with Crippen molar-refractivity contribution in [3.8, 4) is 28.8 Å². The molecule has 9 nitrogen and oxygen atoms in total. The number of phenolic OH excluding ortho intramolecular Hbond substituents is 1. The Morgan fingerprint density at radius 2 is 1.69 bits per heavy atom. The van der Waals surface area contributed by atoms with Gasteiger partial charge in [-0.15, -0.1) is 10.2 Å². The number of nitrogen functional groups attached to an aromatic ring is 1. The summed E-state index contributed by atoms with van der Waals surface area (Å²) in [4.78, 5) is 16.0. The first kappa shape index (κ1) is 23.8. The summed E-state index contributed by atoms with van der Waals surface area (Å²) in [7, 11) is 0. The van der Waals surface area contributed by atoms with Crippen molar-refractivity contribution < 1.29 is 5.11 Å². The summed E-state index contributed by atoms with van der Waals surface area (Å²) in [5.74, 6) is 8.42. The fraction of sp³-hybridized carbons (Fsp3) is 0.407. The van der Waals surface area contributed by atoms with Gasteiger partial charge in [0.25, 0.3) is 0 Å². The van der Waals surface area contributed by atoms with E-state index in [1.165, 1.54) is 19.3 Å². The van der Waals surface area contributed by atoms with Gasteiger partial charge in [0.15, 0.2) is 5.82 Å². The van der Waals surface area contributed by atoms with Crippen LogP contribution in [0, 0.1) is 11.8 Å². The van der Waals surface area contributed by atoms with Crippen molar-refractivity contribution in [1.29, 1.82) is 0 Å². The molecule has 1 aromatic carbocycles. The van der Waals surface area contributed by atoms with Crippen molar-refractivity contribution >= 4 is 17.3 Å². The molecular weight excluding hydrogens is 452 g/mol. The van der Waals surface area contributed by atoms with Gasteiger partial charge in [-0.3, -0.25) is 4.90 Å². The Hall–Kier alpha value is -3.90. The normalized spacial score (nSPS) is 16.8. The molecule has 9 heteroatoms. The van der Waals surface area contributed by atoms with E-state index in [0.717, 1.165) is 63.7 Å². The number of hydrogen-bond donors (Lipinski definition) is 2. The summed E-state index contributed by atoms with van der Waals surface area (Å²) in [6, 6.07) is 11.0. The summed E-state index contributed by atoms with van der Waals surface area (Å²) in [5.41, 5.74) is 8.29. The summed E-state index contributed by atoms with van der Waals surface area (Å²) in [6.45, 7) is 6.29. The second kappa shape index (κ2) is 11.2. The molecule has 0 saturated carbocycles. The fourth-order valence-electron chi connectivity index (χ4n) is 4.79. The Labute approximate surface area is 212 Å². The first-order valence-corrected chi connectivity index (χ1v) is 12.6. The maximum Gasteiger partial charge on any atom is 0.206 e. The molecule has 5 rings (SSSR count). The number of likely N-dealkylation sites (tertiary alicyclic amines) is 1. The molecule has 0 bridgehead atoms. The minimum atomic E-state index is 0.170. The van der Waals surface area contributed by atoms with Gasteiger partial charge in [0.1, 0.15) is 11.6 Å². The zero-order chi connectivity index (χ0) is 24.7. The van der Waals surface area contributed by atoms with Gasteiger partial charge in [0.2, 0.25) is 5.82 Å². The third kappa shape index (κ3) is 5.66. The minimum absolute atomic E-state index is 0.170. The molecule has 3 aromatic rings. The lowest BCUT2D eigenvalue weighted by molar-refractivity contribution is 0.255. The topological polar surface area (TPSA) is 108 Å². The van der Waals surface area contributed by atoms with Crippen LogP contribution < -0.4 is 15.5 Å². The Bertz CT molecular complexity index is 1250. The first-order chi connectivity index (χ1) is 17.7. The highest BCUT2D eigenvalue weighted by atomic mass is 16.3. The summed E-state index contributed by atoms with van der Waals surface area (Å²) < 4.78 is 0. The monoisotopic (exact) mass is 484 g/mol. The van der Waals surface area contributed by atoms with E-state index in [9.17, 15) is 5.11 Å². The van der Waals surface area contributed by atoms with E-state index in [1.807, 2.05) is 24.3 Å². The van der Waals surface area contributed by atoms with Crippen LogP contribution in [0.25, 0.3) is 11.3 Å². The van der Waals surface area contributed by atoms with Crippen LogP contribution in [-0.2, 0) is 0 Å². The van der Waals surface area contributed by atoms with Crippen LogP contribution in [0.3, 0.4) is 0 Å². The highest BCUT2D eigenvalue weighted by Gasteiger charge is 2.20. The number of anilines is 3. The van der Waals surface area contributed by atoms with Crippen molar-refractivity contribution in [2.24, 2.45) is 0 Å². The summed E-state index contributed by atoms with van der Waals surface area (Å²) in [6.07, 6.45) is 6.57. The van der Waals surface area contributed by atoms with Gasteiger partial charge in [-0.05, 0) is 62.5 Å². The predicted octanol–water partition coefficient (Wildman–Crippen LogP) is 2.78. The van der Waals surface area contributed by atoms with Crippen LogP contribution >= 0.6 is 0 Å². The van der Waals surface area contributed by atoms with E-state index in [4.69, 9.17) is 10.7 Å². The maximum absolute atomic E-state index is 10.2. The Morgan fingerprint density at radius 1 is 0.889 bits per heavy atom. The first-order valence-electron chi connectivity index (χ1n) is 12.6. The van der Waals surface area contributed by atoms with Gasteiger partial charge in [0.05, 0.1) is 17.9 Å². The molecule has 0 unspecified atom stereocenters. The predicted molar refractivity (Wildman–Crippen MR) is 142 cm³/mol. The Kier molecular flexibility index (Phi) is 7.43. The number of aromatic nitrogens is 4. The standard InChI is InChI=1S/C27H32N8O/c28-27-23(20-22(31-32-27)21-8-2-3-9-24(21)36)34-16-7-17-35(19-18-34)26-11-12-29-25(30-26)10-6-15-33-13-4-1-5-14-33/h2-3,8-9,11-12,20,36H,1,4-5,7,13-19H2,(H2,28,32). The number of nitrogens with two attached hydrogens (primary N) is 1. The molecule has 4 heterocycles. The van der Waals surface area contributed by atoms with Crippen LogP contribution in [-0.4, -0.2) is 76.0 Å². The molecule has 186 valence electrons. The number of nitrogens with zero attached hydrogens (tertiary/aromatic N) is 7. The highest BCUT2D eigenvalue weighted by molar-refractivity contribution is 5.74. The van der Waals surface area contributed by atoms with Crippen LogP contribution in [0.5, 0.6) is 5.75 Å². The molecule has 0 radical (unpaired) electrons. The molecule has 0 spiro atoms. The number of para-hydroxylation sites is 1. The maximum atomic E-state index is 10.2. The molecule has 36 heavy (non-hydrogen) atoms. The van der Waals surface area contributed by atoms with Crippen molar-refractivity contribution in [3.05, 3.63) is 48.4 Å². The van der Waals surface area contributed by atoms with Crippen LogP contribution in [0.4, 0.5) is 17.3 Å². The summed E-state index contributed by atoms with van der Waals surface area (Å²) >= 11 is 0. The van der Waals surface area contributed by atoms with Gasteiger partial charge in [-0.1, -0.05) is 24.5 Å². The second-order valence-corrected chi connectivity index (χ2v) is 9.22. The number of hydrogen-bond acceptors (Lipinski definition) is 9. The fourth-order valence-corrected chi connectivity index (χ4v) is 4.79. The van der Waals surface area contributed by atoms with Crippen molar-refractivity contribution in [2.45, 2.75) is 25.7 Å². The highest BCUT2D eigenvalue weighted by Crippen LogP contribution is 2.31. The zero-order valence-electron chi connectivity index (χ0n) is 20.5. The molecule has 2 aliphatic rings. The van der Waals surface area contributed by atoms with E-state index in [0.29, 0.717) is 22.9 Å². The molecule has 2 saturated heterocycles. The van der Waals surface area contributed by atoms with Crippen LogP contribution in [0.1, 0.15) is 31.5 Å². The van der Waals surface area contributed by atoms with Crippen molar-refractivity contribution in [2.75, 3.05) is 61.3 Å². The molecule has 2 aromatic heterocycles. The van der Waals surface area contributed by atoms with E-state index in [1.54, 1.807) is 18.3 Å². The van der Waals surface area contributed by atoms with Gasteiger partial charge >= 0.3 is 0 Å². The molecule has 3 N–H and O–H groups in total. The lowest BCUT2D eigenvalue weighted by Crippen LogP contribution is -2.32. The average molecular weight is 485 g/mol. The molecule has 2 aliphatic heterocycles. The van der Waals surface area contributed by atoms with Crippen molar-refractivity contribution in [3.63, 3.8) is 0 Å². The minimum Gasteiger partial charge on any atom is -0.507 e. The third-order valence-electron chi connectivity index (χ3n) is 6.73. The zero-order valence-corrected chi connectivity index (χ0v) is 20.5. The smallest absolute Gasteiger partial charge is 0.206 e. The molecule has 2 fully saturated rings. The largest absolute Gasteiger partial charge is 0.507 e. The van der Waals surface area contributed by atoms with Gasteiger partial charge in [-0.25, -0.2) is 9.97 Å². The van der Waals surface area contributed by atoms with E-state index >= 15 is 0 Å². The number of rotatable bonds is 4. The number of phenols is 1. The second-order valence-electron chi connectivity index (χ2n) is 9.22.